The maximum absolute atomic E-state index is 4.58. The van der Waals surface area contributed by atoms with Gasteiger partial charge in [0.05, 0.1) is 13.3 Å². The van der Waals surface area contributed by atoms with E-state index in [0.29, 0.717) is 23.8 Å². The molecule has 0 aliphatic carbocycles. The zero-order valence-electron chi connectivity index (χ0n) is 22.6. The molecule has 0 radical (unpaired) electrons. The van der Waals surface area contributed by atoms with Gasteiger partial charge in [0.15, 0.2) is 0 Å². The van der Waals surface area contributed by atoms with Crippen LogP contribution in [0.15, 0.2) is 0 Å². The monoisotopic (exact) mass is 651 g/mol. The van der Waals surface area contributed by atoms with Crippen molar-refractivity contribution < 1.29 is 0 Å². The van der Waals surface area contributed by atoms with E-state index in [4.69, 9.17) is 0 Å². The Bertz CT molecular complexity index is 828. The molecular formula is C33H86N12. The molecule has 0 aromatic carbocycles. The van der Waals surface area contributed by atoms with Crippen molar-refractivity contribution in [1.82, 2.24) is 39.7 Å². The van der Waals surface area contributed by atoms with Crippen molar-refractivity contribution in [3.05, 3.63) is 11.6 Å². The smallest absolute Gasteiger partial charge is 0.231 e. The van der Waals surface area contributed by atoms with Crippen molar-refractivity contribution in [2.75, 3.05) is 101 Å². The molecule has 2 aromatic heterocycles. The molecule has 0 spiro atoms. The summed E-state index contributed by atoms with van der Waals surface area (Å²) in [6.07, 6.45) is 0. The first-order valence-corrected chi connectivity index (χ1v) is 11.8. The van der Waals surface area contributed by atoms with E-state index in [2.05, 4.69) is 49.5 Å². The summed E-state index contributed by atoms with van der Waals surface area (Å²) in [4.78, 5) is 39.7. The summed E-state index contributed by atoms with van der Waals surface area (Å²) in [6.45, 7) is 13.2. The number of nitrogens with zero attached hydrogens (tertiary/aromatic N) is 12. The number of hydrogen-bond donors (Lipinski definition) is 0. The highest BCUT2D eigenvalue weighted by Crippen LogP contribution is 2.14. The highest BCUT2D eigenvalue weighted by Gasteiger charge is 2.21. The number of rotatable bonds is 8. The van der Waals surface area contributed by atoms with E-state index in [9.17, 15) is 0 Å². The molecule has 0 N–H and O–H groups in total. The Morgan fingerprint density at radius 3 is 0.867 bits per heavy atom. The molecule has 3 heterocycles. The van der Waals surface area contributed by atoms with E-state index in [0.717, 1.165) is 51.2 Å². The normalized spacial score (nSPS) is 10.8. The van der Waals surface area contributed by atoms with E-state index in [1.165, 1.54) is 0 Å². The standard InChI is InChI=1S/C20H36N12.C2H6.11CH4/c1-15-21-17(27(3)4)25-19(23-15)29(7)13-31-9-11-32(12-10-31)14-30(8)20-24-16(2)22-18(26-20)28(5)6;1-2;;;;;;;;;;;/h9-14H2,1-8H3;1-2H3;11*1H4. The number of hydrogen-bond acceptors (Lipinski definition) is 12. The van der Waals surface area contributed by atoms with Crippen LogP contribution in [0.2, 0.25) is 0 Å². The first-order valence-electron chi connectivity index (χ1n) is 11.8. The minimum absolute atomic E-state index is 0. The summed E-state index contributed by atoms with van der Waals surface area (Å²) >= 11 is 0. The molecule has 1 fully saturated rings. The van der Waals surface area contributed by atoms with Gasteiger partial charge in [0, 0.05) is 68.5 Å². The Hall–Kier alpha value is -2.86. The number of piperazine rings is 1. The third-order valence-corrected chi connectivity index (χ3v) is 5.22. The van der Waals surface area contributed by atoms with Gasteiger partial charge in [0.2, 0.25) is 23.8 Å². The maximum atomic E-state index is 4.58. The zero-order chi connectivity index (χ0) is 25.4. The molecule has 0 unspecified atom stereocenters. The van der Waals surface area contributed by atoms with Gasteiger partial charge in [-0.1, -0.05) is 95.5 Å². The molecule has 0 atom stereocenters. The first-order chi connectivity index (χ1) is 16.1. The second kappa shape index (κ2) is 32.5. The van der Waals surface area contributed by atoms with Crippen molar-refractivity contribution in [2.45, 2.75) is 109 Å². The van der Waals surface area contributed by atoms with Gasteiger partial charge in [-0.3, -0.25) is 9.80 Å². The van der Waals surface area contributed by atoms with Gasteiger partial charge in [-0.15, -0.1) is 0 Å². The largest absolute Gasteiger partial charge is 0.347 e. The second-order valence-electron chi connectivity index (χ2n) is 8.67. The fourth-order valence-corrected chi connectivity index (χ4v) is 3.45. The van der Waals surface area contributed by atoms with Crippen LogP contribution >= 0.6 is 0 Å². The van der Waals surface area contributed by atoms with Crippen LogP contribution in [0.4, 0.5) is 23.8 Å². The fourth-order valence-electron chi connectivity index (χ4n) is 3.45. The van der Waals surface area contributed by atoms with Crippen molar-refractivity contribution in [2.24, 2.45) is 0 Å². The number of anilines is 4. The van der Waals surface area contributed by atoms with Gasteiger partial charge in [-0.2, -0.15) is 29.9 Å². The van der Waals surface area contributed by atoms with Crippen molar-refractivity contribution >= 4 is 23.8 Å². The Morgan fingerprint density at radius 2 is 0.644 bits per heavy atom. The molecule has 0 amide bonds. The molecule has 0 saturated carbocycles. The van der Waals surface area contributed by atoms with Crippen molar-refractivity contribution in [3.63, 3.8) is 0 Å². The topological polar surface area (TPSA) is 96.8 Å². The van der Waals surface area contributed by atoms with Crippen LogP contribution in [0.5, 0.6) is 0 Å². The van der Waals surface area contributed by atoms with E-state index < -0.39 is 0 Å². The molecule has 278 valence electrons. The van der Waals surface area contributed by atoms with E-state index in [-0.39, 0.29) is 81.7 Å². The summed E-state index contributed by atoms with van der Waals surface area (Å²) in [7, 11) is 11.8. The van der Waals surface area contributed by atoms with Crippen LogP contribution in [0.3, 0.4) is 0 Å². The molecule has 3 rings (SSSR count). The van der Waals surface area contributed by atoms with Gasteiger partial charge >= 0.3 is 0 Å². The van der Waals surface area contributed by atoms with Gasteiger partial charge < -0.3 is 19.6 Å². The molecule has 45 heavy (non-hydrogen) atoms. The Kier molecular flexibility index (Phi) is 49.9. The van der Waals surface area contributed by atoms with Crippen LogP contribution in [-0.2, 0) is 0 Å². The molecule has 1 aliphatic heterocycles. The fraction of sp³-hybridized carbons (Fsp3) is 0.818. The minimum atomic E-state index is 0. The predicted molar refractivity (Wildman–Crippen MR) is 213 cm³/mol. The highest BCUT2D eigenvalue weighted by molar-refractivity contribution is 5.38. The van der Waals surface area contributed by atoms with Crippen LogP contribution in [-0.4, -0.2) is 122 Å². The van der Waals surface area contributed by atoms with E-state index in [1.807, 2.05) is 79.8 Å². The predicted octanol–water partition coefficient (Wildman–Crippen LogP) is 7.93. The van der Waals surface area contributed by atoms with Crippen molar-refractivity contribution in [1.29, 1.82) is 0 Å². The quantitative estimate of drug-likeness (QED) is 0.277. The number of aryl methyl sites for hydroxylation is 2. The van der Waals surface area contributed by atoms with Gasteiger partial charge in [-0.05, 0) is 13.8 Å². The lowest BCUT2D eigenvalue weighted by atomic mass is 10.3. The first kappa shape index (κ1) is 69.0. The average Bonchev–Trinajstić information content (AvgIpc) is 2.80. The van der Waals surface area contributed by atoms with Crippen LogP contribution in [0.1, 0.15) is 107 Å². The lowest BCUT2D eigenvalue weighted by Gasteiger charge is -2.38. The second-order valence-corrected chi connectivity index (χ2v) is 8.67. The summed E-state index contributed by atoms with van der Waals surface area (Å²) in [5.74, 6) is 4.21. The Morgan fingerprint density at radius 1 is 0.422 bits per heavy atom. The van der Waals surface area contributed by atoms with Gasteiger partial charge in [0.1, 0.15) is 11.6 Å². The lowest BCUT2D eigenvalue weighted by Crippen LogP contribution is -2.52. The molecule has 12 heteroatoms. The minimum Gasteiger partial charge on any atom is -0.347 e. The zero-order valence-corrected chi connectivity index (χ0v) is 22.6. The molecule has 0 bridgehead atoms. The van der Waals surface area contributed by atoms with Crippen LogP contribution < -0.4 is 19.6 Å². The number of aromatic nitrogens is 6. The molecule has 1 saturated heterocycles. The van der Waals surface area contributed by atoms with Crippen LogP contribution in [0.25, 0.3) is 0 Å². The molecule has 12 nitrogen and oxygen atoms in total. The third-order valence-electron chi connectivity index (χ3n) is 5.22. The molecule has 2 aromatic rings. The third kappa shape index (κ3) is 20.7. The summed E-state index contributed by atoms with van der Waals surface area (Å²) in [6, 6.07) is 0. The molecule has 1 aliphatic rings. The summed E-state index contributed by atoms with van der Waals surface area (Å²) in [5, 5.41) is 0. The maximum Gasteiger partial charge on any atom is 0.231 e. The van der Waals surface area contributed by atoms with Gasteiger partial charge in [0.25, 0.3) is 0 Å². The van der Waals surface area contributed by atoms with Crippen molar-refractivity contribution in [3.8, 4) is 0 Å². The lowest BCUT2D eigenvalue weighted by molar-refractivity contribution is 0.134. The van der Waals surface area contributed by atoms with E-state index in [1.54, 1.807) is 0 Å². The van der Waals surface area contributed by atoms with E-state index >= 15 is 0 Å². The molecular weight excluding hydrogens is 564 g/mol. The van der Waals surface area contributed by atoms with Crippen LogP contribution in [0, 0.1) is 13.8 Å². The average molecular weight is 651 g/mol. The Balaban J connectivity index is -0.000000115. The SMILES string of the molecule is C.C.C.C.C.C.C.C.C.C.C.CC.Cc1nc(N(C)C)nc(N(C)CN2CCN(CN(C)c3nc(C)nc(N(C)C)n3)CC2)n1. The highest BCUT2D eigenvalue weighted by atomic mass is 15.4. The summed E-state index contributed by atoms with van der Waals surface area (Å²) < 4.78 is 0. The Labute approximate surface area is 285 Å². The summed E-state index contributed by atoms with van der Waals surface area (Å²) in [5.41, 5.74) is 0. The van der Waals surface area contributed by atoms with Gasteiger partial charge in [-0.25, -0.2) is 0 Å².